The molecule has 0 N–H and O–H groups in total. The van der Waals surface area contributed by atoms with Crippen LogP contribution in [0.4, 0.5) is 0 Å². The topological polar surface area (TPSA) is 26.3 Å². The second-order valence-corrected chi connectivity index (χ2v) is 12.5. The van der Waals surface area contributed by atoms with E-state index in [0.29, 0.717) is 13.0 Å². The Morgan fingerprint density at radius 2 is 0.950 bits per heavy atom. The van der Waals surface area contributed by atoms with Crippen molar-refractivity contribution < 1.29 is 9.53 Å². The highest BCUT2D eigenvalue weighted by molar-refractivity contribution is 5.69. The van der Waals surface area contributed by atoms with Crippen LogP contribution in [-0.4, -0.2) is 12.6 Å². The zero-order chi connectivity index (χ0) is 28.8. The van der Waals surface area contributed by atoms with Gasteiger partial charge in [-0.3, -0.25) is 4.79 Å². The summed E-state index contributed by atoms with van der Waals surface area (Å²) in [6, 6.07) is 10.3. The molecule has 0 amide bonds. The Morgan fingerprint density at radius 1 is 0.550 bits per heavy atom. The van der Waals surface area contributed by atoms with Gasteiger partial charge in [-0.2, -0.15) is 0 Å². The molecule has 1 aromatic carbocycles. The predicted octanol–water partition coefficient (Wildman–Crippen LogP) is 12.6. The summed E-state index contributed by atoms with van der Waals surface area (Å²) >= 11 is 0. The number of rotatable bonds is 30. The monoisotopic (exact) mass is 557 g/mol. The Hall–Kier alpha value is -1.31. The quantitative estimate of drug-likeness (QED) is 0.0695. The summed E-state index contributed by atoms with van der Waals surface area (Å²) in [4.78, 5) is 12.3. The highest BCUT2D eigenvalue weighted by Crippen LogP contribution is 2.23. The van der Waals surface area contributed by atoms with Crippen LogP contribution >= 0.6 is 0 Å². The normalized spacial score (nSPS) is 12.1. The minimum Gasteiger partial charge on any atom is -0.466 e. The molecule has 0 saturated heterocycles. The van der Waals surface area contributed by atoms with Crippen molar-refractivity contribution in [2.24, 2.45) is 5.92 Å². The number of ether oxygens (including phenoxy) is 1. The van der Waals surface area contributed by atoms with Crippen LogP contribution in [0.15, 0.2) is 30.3 Å². The maximum Gasteiger partial charge on any atom is 0.306 e. The Kier molecular flexibility index (Phi) is 26.8. The number of carbonyl (C=O) groups excluding carboxylic acids is 1. The van der Waals surface area contributed by atoms with Gasteiger partial charge >= 0.3 is 5.97 Å². The van der Waals surface area contributed by atoms with E-state index in [1.165, 1.54) is 160 Å². The number of carbonyl (C=O) groups is 1. The maximum atomic E-state index is 12.3. The van der Waals surface area contributed by atoms with Crippen LogP contribution < -0.4 is 0 Å². The van der Waals surface area contributed by atoms with Gasteiger partial charge in [-0.25, -0.2) is 0 Å². The Labute approximate surface area is 250 Å². The zero-order valence-electron chi connectivity index (χ0n) is 27.1. The molecule has 2 heteroatoms. The molecule has 0 spiro atoms. The van der Waals surface area contributed by atoms with Crippen molar-refractivity contribution in [3.63, 3.8) is 0 Å². The van der Waals surface area contributed by atoms with Crippen molar-refractivity contribution in [3.05, 3.63) is 35.9 Å². The van der Waals surface area contributed by atoms with Gasteiger partial charge in [0.2, 0.25) is 0 Å². The molecule has 1 aromatic rings. The van der Waals surface area contributed by atoms with E-state index in [0.717, 1.165) is 18.8 Å². The highest BCUT2D eigenvalue weighted by atomic mass is 16.5. The van der Waals surface area contributed by atoms with Crippen LogP contribution in [0.25, 0.3) is 0 Å². The summed E-state index contributed by atoms with van der Waals surface area (Å²) in [5.41, 5.74) is 1.21. The van der Waals surface area contributed by atoms with Crippen LogP contribution in [0.3, 0.4) is 0 Å². The first-order valence-corrected chi connectivity index (χ1v) is 18.0. The SMILES string of the molecule is CCCCCCCCCCCCCCC(CCCCCCCCCCCC)CCOC(=O)CCc1ccccc1. The average molecular weight is 557 g/mol. The molecule has 0 radical (unpaired) electrons. The van der Waals surface area contributed by atoms with E-state index in [2.05, 4.69) is 26.0 Å². The van der Waals surface area contributed by atoms with Crippen LogP contribution in [-0.2, 0) is 16.0 Å². The summed E-state index contributed by atoms with van der Waals surface area (Å²) in [5, 5.41) is 0. The molecule has 0 fully saturated rings. The maximum absolute atomic E-state index is 12.3. The van der Waals surface area contributed by atoms with Gasteiger partial charge in [0.05, 0.1) is 6.61 Å². The molecule has 232 valence electrons. The molecule has 40 heavy (non-hydrogen) atoms. The summed E-state index contributed by atoms with van der Waals surface area (Å²) < 4.78 is 5.67. The third-order valence-electron chi connectivity index (χ3n) is 8.68. The van der Waals surface area contributed by atoms with Gasteiger partial charge < -0.3 is 4.74 Å². The number of hydrogen-bond acceptors (Lipinski definition) is 2. The molecule has 1 rings (SSSR count). The van der Waals surface area contributed by atoms with Crippen LogP contribution in [0.2, 0.25) is 0 Å². The molecular formula is C38H68O2. The zero-order valence-corrected chi connectivity index (χ0v) is 27.1. The van der Waals surface area contributed by atoms with Gasteiger partial charge in [-0.05, 0) is 24.3 Å². The third-order valence-corrected chi connectivity index (χ3v) is 8.68. The van der Waals surface area contributed by atoms with Crippen molar-refractivity contribution in [1.82, 2.24) is 0 Å². The Balaban J connectivity index is 2.17. The Morgan fingerprint density at radius 3 is 1.38 bits per heavy atom. The van der Waals surface area contributed by atoms with Crippen molar-refractivity contribution >= 4 is 5.97 Å². The minimum absolute atomic E-state index is 0.0353. The first-order valence-electron chi connectivity index (χ1n) is 18.0. The fourth-order valence-electron chi connectivity index (χ4n) is 5.93. The molecule has 1 unspecified atom stereocenters. The van der Waals surface area contributed by atoms with E-state index in [9.17, 15) is 4.79 Å². The smallest absolute Gasteiger partial charge is 0.306 e. The minimum atomic E-state index is -0.0353. The lowest BCUT2D eigenvalue weighted by Gasteiger charge is -2.17. The van der Waals surface area contributed by atoms with Crippen LogP contribution in [0.1, 0.15) is 186 Å². The fourth-order valence-corrected chi connectivity index (χ4v) is 5.93. The number of benzene rings is 1. The second-order valence-electron chi connectivity index (χ2n) is 12.5. The summed E-state index contributed by atoms with van der Waals surface area (Å²) in [6.45, 7) is 5.19. The lowest BCUT2D eigenvalue weighted by molar-refractivity contribution is -0.144. The largest absolute Gasteiger partial charge is 0.466 e. The number of esters is 1. The van der Waals surface area contributed by atoms with Gasteiger partial charge in [-0.1, -0.05) is 198 Å². The lowest BCUT2D eigenvalue weighted by atomic mass is 9.91. The molecule has 0 aromatic heterocycles. The predicted molar refractivity (Wildman–Crippen MR) is 176 cm³/mol. The van der Waals surface area contributed by atoms with Crippen molar-refractivity contribution in [2.75, 3.05) is 6.61 Å². The molecule has 0 heterocycles. The molecule has 1 atom stereocenters. The first-order chi connectivity index (χ1) is 19.8. The number of unbranched alkanes of at least 4 members (excludes halogenated alkanes) is 20. The lowest BCUT2D eigenvalue weighted by Crippen LogP contribution is -2.11. The van der Waals surface area contributed by atoms with E-state index >= 15 is 0 Å². The average Bonchev–Trinajstić information content (AvgIpc) is 2.97. The molecule has 2 nitrogen and oxygen atoms in total. The number of hydrogen-bond donors (Lipinski definition) is 0. The fraction of sp³-hybridized carbons (Fsp3) is 0.816. The molecule has 0 saturated carbocycles. The summed E-state index contributed by atoms with van der Waals surface area (Å²) in [6.07, 6.45) is 35.8. The Bertz CT molecular complexity index is 640. The number of aryl methyl sites for hydroxylation is 1. The van der Waals surface area contributed by atoms with E-state index in [-0.39, 0.29) is 5.97 Å². The molecular weight excluding hydrogens is 488 g/mol. The highest BCUT2D eigenvalue weighted by Gasteiger charge is 2.11. The second kappa shape index (κ2) is 29.2. The van der Waals surface area contributed by atoms with E-state index < -0.39 is 0 Å². The molecule has 0 aliphatic carbocycles. The third kappa shape index (κ3) is 24.5. The van der Waals surface area contributed by atoms with Gasteiger partial charge in [0.25, 0.3) is 0 Å². The van der Waals surface area contributed by atoms with Crippen molar-refractivity contribution in [1.29, 1.82) is 0 Å². The van der Waals surface area contributed by atoms with E-state index in [4.69, 9.17) is 4.74 Å². The van der Waals surface area contributed by atoms with Crippen molar-refractivity contribution in [2.45, 2.75) is 187 Å². The molecule has 0 bridgehead atoms. The molecule has 0 aliphatic rings. The van der Waals surface area contributed by atoms with Gasteiger partial charge in [0.15, 0.2) is 0 Å². The van der Waals surface area contributed by atoms with Gasteiger partial charge in [0, 0.05) is 6.42 Å². The van der Waals surface area contributed by atoms with E-state index in [1.54, 1.807) is 0 Å². The summed E-state index contributed by atoms with van der Waals surface area (Å²) in [5.74, 6) is 0.686. The molecule has 0 aliphatic heterocycles. The summed E-state index contributed by atoms with van der Waals surface area (Å²) in [7, 11) is 0. The van der Waals surface area contributed by atoms with Crippen molar-refractivity contribution in [3.8, 4) is 0 Å². The standard InChI is InChI=1S/C38H68O2/c1-3-5-7-9-11-13-15-16-18-20-22-25-31-37(30-24-21-19-17-14-12-10-8-6-4-2)34-35-40-38(39)33-32-36-28-26-23-27-29-36/h23,26-29,37H,3-22,24-25,30-35H2,1-2H3. The van der Waals surface area contributed by atoms with E-state index in [1.807, 2.05) is 18.2 Å². The first kappa shape index (κ1) is 36.7. The van der Waals surface area contributed by atoms with Crippen LogP contribution in [0, 0.1) is 5.92 Å². The van der Waals surface area contributed by atoms with Crippen LogP contribution in [0.5, 0.6) is 0 Å². The van der Waals surface area contributed by atoms with Gasteiger partial charge in [-0.15, -0.1) is 0 Å². The van der Waals surface area contributed by atoms with Gasteiger partial charge in [0.1, 0.15) is 0 Å².